The van der Waals surface area contributed by atoms with Gasteiger partial charge in [-0.25, -0.2) is 0 Å². The maximum Gasteiger partial charge on any atom is 0.416 e. The minimum atomic E-state index is -4.60. The van der Waals surface area contributed by atoms with E-state index in [1.54, 1.807) is 17.0 Å². The van der Waals surface area contributed by atoms with Crippen molar-refractivity contribution in [3.8, 4) is 17.6 Å². The minimum Gasteiger partial charge on any atom is -0.497 e. The molecule has 0 aromatic heterocycles. The molecule has 2 aromatic rings. The second-order valence-electron chi connectivity index (χ2n) is 10.8. The molecular formula is C30H35ClF3N3O3. The van der Waals surface area contributed by atoms with Crippen molar-refractivity contribution in [2.24, 2.45) is 0 Å². The third-order valence-electron chi connectivity index (χ3n) is 7.44. The SMILES string of the molecule is COc1cc(C(=O)N2CCN(CC#CCN3CCOCC3(C)C)C[C@H]2Cc2ccc(Cl)cc2)cc(C(F)(F)F)c1. The maximum absolute atomic E-state index is 13.6. The van der Waals surface area contributed by atoms with E-state index in [0.717, 1.165) is 24.2 Å². The number of alkyl halides is 3. The Morgan fingerprint density at radius 3 is 2.50 bits per heavy atom. The minimum absolute atomic E-state index is 0.00946. The zero-order valence-electron chi connectivity index (χ0n) is 23.1. The van der Waals surface area contributed by atoms with E-state index in [0.29, 0.717) is 57.4 Å². The predicted octanol–water partition coefficient (Wildman–Crippen LogP) is 4.85. The standard InChI is InChI=1S/C30H35ClF3N3O3/c1-29(2)21-40-15-14-36(29)11-5-4-10-35-12-13-37(26(20-35)16-22-6-8-25(31)9-7-22)28(38)23-17-24(30(32,33)34)19-27(18-23)39-3/h6-9,17-19,26H,10-16,20-21H2,1-3H3/t26-/m1/s1. The van der Waals surface area contributed by atoms with Gasteiger partial charge in [-0.2, -0.15) is 13.2 Å². The van der Waals surface area contributed by atoms with Crippen molar-refractivity contribution < 1.29 is 27.4 Å². The normalized spacial score (nSPS) is 20.1. The predicted molar refractivity (Wildman–Crippen MR) is 149 cm³/mol. The van der Waals surface area contributed by atoms with Crippen LogP contribution in [0.5, 0.6) is 5.75 Å². The molecule has 0 radical (unpaired) electrons. The van der Waals surface area contributed by atoms with E-state index in [2.05, 4.69) is 35.5 Å². The fraction of sp³-hybridized carbons (Fsp3) is 0.500. The van der Waals surface area contributed by atoms with Gasteiger partial charge in [-0.3, -0.25) is 14.6 Å². The monoisotopic (exact) mass is 577 g/mol. The Bertz CT molecular complexity index is 1240. The average molecular weight is 578 g/mol. The van der Waals surface area contributed by atoms with Crippen molar-refractivity contribution in [2.45, 2.75) is 38.0 Å². The Labute approximate surface area is 239 Å². The number of hydrogen-bond acceptors (Lipinski definition) is 5. The lowest BCUT2D eigenvalue weighted by atomic mass is 10.00. The lowest BCUT2D eigenvalue weighted by molar-refractivity contribution is -0.137. The summed E-state index contributed by atoms with van der Waals surface area (Å²) < 4.78 is 51.2. The van der Waals surface area contributed by atoms with Crippen LogP contribution in [0.2, 0.25) is 5.02 Å². The van der Waals surface area contributed by atoms with Crippen molar-refractivity contribution in [3.63, 3.8) is 0 Å². The van der Waals surface area contributed by atoms with Crippen LogP contribution in [0.4, 0.5) is 13.2 Å². The number of hydrogen-bond donors (Lipinski definition) is 0. The molecule has 1 amide bonds. The van der Waals surface area contributed by atoms with Crippen LogP contribution in [0, 0.1) is 11.8 Å². The van der Waals surface area contributed by atoms with Crippen molar-refractivity contribution in [3.05, 3.63) is 64.2 Å². The zero-order chi connectivity index (χ0) is 28.9. The number of rotatable bonds is 6. The Morgan fingerprint density at radius 2 is 1.82 bits per heavy atom. The summed E-state index contributed by atoms with van der Waals surface area (Å²) in [6.07, 6.45) is -4.06. The molecule has 2 aromatic carbocycles. The van der Waals surface area contributed by atoms with Crippen LogP contribution in [0.25, 0.3) is 0 Å². The highest BCUT2D eigenvalue weighted by Crippen LogP contribution is 2.33. The van der Waals surface area contributed by atoms with E-state index in [1.807, 2.05) is 12.1 Å². The zero-order valence-corrected chi connectivity index (χ0v) is 23.8. The van der Waals surface area contributed by atoms with Gasteiger partial charge in [0.05, 0.1) is 39.0 Å². The van der Waals surface area contributed by atoms with Crippen LogP contribution in [0.1, 0.15) is 35.3 Å². The largest absolute Gasteiger partial charge is 0.497 e. The van der Waals surface area contributed by atoms with Gasteiger partial charge in [-0.15, -0.1) is 0 Å². The molecule has 0 aliphatic carbocycles. The van der Waals surface area contributed by atoms with Gasteiger partial charge in [-0.1, -0.05) is 35.6 Å². The summed E-state index contributed by atoms with van der Waals surface area (Å²) in [4.78, 5) is 19.8. The molecule has 2 fully saturated rings. The Balaban J connectivity index is 1.50. The number of benzene rings is 2. The number of halogens is 4. The third kappa shape index (κ3) is 7.70. The van der Waals surface area contributed by atoms with E-state index >= 15 is 0 Å². The van der Waals surface area contributed by atoms with E-state index in [9.17, 15) is 18.0 Å². The molecule has 2 saturated heterocycles. The van der Waals surface area contributed by atoms with Crippen molar-refractivity contribution >= 4 is 17.5 Å². The number of carbonyl (C=O) groups excluding carboxylic acids is 1. The Hall–Kier alpha value is -2.77. The third-order valence-corrected chi connectivity index (χ3v) is 7.70. The van der Waals surface area contributed by atoms with Crippen molar-refractivity contribution in [1.82, 2.24) is 14.7 Å². The number of carbonyl (C=O) groups is 1. The molecule has 6 nitrogen and oxygen atoms in total. The summed E-state index contributed by atoms with van der Waals surface area (Å²) in [6, 6.07) is 10.3. The van der Waals surface area contributed by atoms with Crippen LogP contribution in [0.3, 0.4) is 0 Å². The summed E-state index contributed by atoms with van der Waals surface area (Å²) >= 11 is 6.06. The highest BCUT2D eigenvalue weighted by atomic mass is 35.5. The molecule has 40 heavy (non-hydrogen) atoms. The van der Waals surface area contributed by atoms with Crippen LogP contribution in [-0.4, -0.2) is 91.8 Å². The maximum atomic E-state index is 13.6. The molecule has 2 aliphatic heterocycles. The molecule has 10 heteroatoms. The molecule has 0 saturated carbocycles. The molecule has 1 atom stereocenters. The summed E-state index contributed by atoms with van der Waals surface area (Å²) in [6.45, 7) is 9.18. The van der Waals surface area contributed by atoms with Gasteiger partial charge in [0.15, 0.2) is 0 Å². The topological polar surface area (TPSA) is 45.2 Å². The first-order chi connectivity index (χ1) is 19.0. The first kappa shape index (κ1) is 30.2. The van der Waals surface area contributed by atoms with E-state index in [-0.39, 0.29) is 22.9 Å². The number of morpholine rings is 1. The van der Waals surface area contributed by atoms with Gasteiger partial charge in [0.25, 0.3) is 5.91 Å². The number of nitrogens with zero attached hydrogens (tertiary/aromatic N) is 3. The first-order valence-corrected chi connectivity index (χ1v) is 13.7. The van der Waals surface area contributed by atoms with Gasteiger partial charge in [-0.05, 0) is 56.2 Å². The fourth-order valence-electron chi connectivity index (χ4n) is 5.07. The molecular weight excluding hydrogens is 543 g/mol. The van der Waals surface area contributed by atoms with Crippen LogP contribution >= 0.6 is 11.6 Å². The van der Waals surface area contributed by atoms with Gasteiger partial charge in [0.2, 0.25) is 0 Å². The molecule has 216 valence electrons. The second kappa shape index (κ2) is 12.8. The van der Waals surface area contributed by atoms with Crippen LogP contribution < -0.4 is 4.74 Å². The summed E-state index contributed by atoms with van der Waals surface area (Å²) in [5.74, 6) is 6.10. The second-order valence-corrected chi connectivity index (χ2v) is 11.2. The summed E-state index contributed by atoms with van der Waals surface area (Å²) in [5, 5.41) is 0.608. The Morgan fingerprint density at radius 1 is 1.10 bits per heavy atom. The van der Waals surface area contributed by atoms with Crippen LogP contribution in [-0.2, 0) is 17.3 Å². The number of methoxy groups -OCH3 is 1. The van der Waals surface area contributed by atoms with E-state index in [4.69, 9.17) is 21.1 Å². The molecule has 0 spiro atoms. The van der Waals surface area contributed by atoms with Crippen molar-refractivity contribution in [1.29, 1.82) is 0 Å². The fourth-order valence-corrected chi connectivity index (χ4v) is 5.20. The lowest BCUT2D eigenvalue weighted by Gasteiger charge is -2.41. The van der Waals surface area contributed by atoms with Gasteiger partial charge >= 0.3 is 6.18 Å². The Kier molecular flexibility index (Phi) is 9.68. The van der Waals surface area contributed by atoms with Crippen molar-refractivity contribution in [2.75, 3.05) is 59.6 Å². The number of piperazine rings is 1. The number of ether oxygens (including phenoxy) is 2. The molecule has 0 unspecified atom stereocenters. The average Bonchev–Trinajstić information content (AvgIpc) is 2.92. The highest BCUT2D eigenvalue weighted by Gasteiger charge is 2.35. The molecule has 2 heterocycles. The number of amides is 1. The van der Waals surface area contributed by atoms with E-state index < -0.39 is 17.6 Å². The van der Waals surface area contributed by atoms with Crippen LogP contribution in [0.15, 0.2) is 42.5 Å². The van der Waals surface area contributed by atoms with Gasteiger partial charge in [0.1, 0.15) is 5.75 Å². The summed E-state index contributed by atoms with van der Waals surface area (Å²) in [5.41, 5.74) is -0.0402. The molecule has 2 aliphatic rings. The van der Waals surface area contributed by atoms with Gasteiger partial charge in [0, 0.05) is 48.3 Å². The first-order valence-electron chi connectivity index (χ1n) is 13.3. The molecule has 4 rings (SSSR count). The smallest absolute Gasteiger partial charge is 0.416 e. The quantitative estimate of drug-likeness (QED) is 0.459. The highest BCUT2D eigenvalue weighted by molar-refractivity contribution is 6.30. The van der Waals surface area contributed by atoms with E-state index in [1.165, 1.54) is 13.2 Å². The molecule has 0 bridgehead atoms. The lowest BCUT2D eigenvalue weighted by Crippen LogP contribution is -2.56. The summed E-state index contributed by atoms with van der Waals surface area (Å²) in [7, 11) is 1.28. The van der Waals surface area contributed by atoms with Gasteiger partial charge < -0.3 is 14.4 Å². The molecule has 0 N–H and O–H groups in total.